The van der Waals surface area contributed by atoms with Crippen LogP contribution < -0.4 is 11.1 Å². The molecule has 0 aromatic carbocycles. The molecule has 0 atom stereocenters. The van der Waals surface area contributed by atoms with Crippen LogP contribution in [0, 0.1) is 0 Å². The highest BCUT2D eigenvalue weighted by atomic mass is 33.1. The standard InChI is InChI=1S/C5H10N2S4/c1-3(2)7-5(9)11-10-4(6)8/h3H,1-2H3,(H2,6,8)(H,7,9). The van der Waals surface area contributed by atoms with Crippen LogP contribution in [0.3, 0.4) is 0 Å². The number of thiocarbonyl (C=S) groups is 2. The topological polar surface area (TPSA) is 38.0 Å². The van der Waals surface area contributed by atoms with Crippen molar-refractivity contribution in [3.8, 4) is 0 Å². The van der Waals surface area contributed by atoms with Crippen molar-refractivity contribution in [1.29, 1.82) is 0 Å². The number of nitrogens with two attached hydrogens (primary N) is 1. The Kier molecular flexibility index (Phi) is 6.31. The molecule has 0 aromatic rings. The molecular weight excluding hydrogens is 216 g/mol. The lowest BCUT2D eigenvalue weighted by Crippen LogP contribution is -2.25. The molecular formula is C5H10N2S4. The van der Waals surface area contributed by atoms with Gasteiger partial charge in [0, 0.05) is 6.04 Å². The molecule has 11 heavy (non-hydrogen) atoms. The molecule has 0 radical (unpaired) electrons. The maximum atomic E-state index is 5.26. The molecule has 2 nitrogen and oxygen atoms in total. The van der Waals surface area contributed by atoms with Crippen LogP contribution in [0.1, 0.15) is 13.8 Å². The fourth-order valence-corrected chi connectivity index (χ4v) is 2.25. The summed E-state index contributed by atoms with van der Waals surface area (Å²) in [5.74, 6) is 0. The molecule has 0 spiro atoms. The molecule has 0 bridgehead atoms. The first-order chi connectivity index (χ1) is 5.02. The third kappa shape index (κ3) is 8.39. The van der Waals surface area contributed by atoms with E-state index in [2.05, 4.69) is 17.5 Å². The van der Waals surface area contributed by atoms with Gasteiger partial charge in [0.1, 0.15) is 8.64 Å². The van der Waals surface area contributed by atoms with Gasteiger partial charge in [-0.3, -0.25) is 0 Å². The molecule has 0 aliphatic carbocycles. The highest BCUT2D eigenvalue weighted by Crippen LogP contribution is 2.21. The van der Waals surface area contributed by atoms with E-state index in [4.69, 9.17) is 18.0 Å². The third-order valence-corrected chi connectivity index (χ3v) is 3.66. The van der Waals surface area contributed by atoms with E-state index in [0.29, 0.717) is 10.4 Å². The zero-order valence-corrected chi connectivity index (χ0v) is 9.55. The van der Waals surface area contributed by atoms with Crippen molar-refractivity contribution in [2.24, 2.45) is 5.73 Å². The van der Waals surface area contributed by atoms with Gasteiger partial charge in [-0.2, -0.15) is 0 Å². The molecule has 0 aliphatic rings. The summed E-state index contributed by atoms with van der Waals surface area (Å²) >= 11 is 9.62. The minimum atomic E-state index is 0.363. The fraction of sp³-hybridized carbons (Fsp3) is 0.600. The first-order valence-corrected chi connectivity index (χ1v) is 5.93. The average molecular weight is 226 g/mol. The van der Waals surface area contributed by atoms with Gasteiger partial charge in [-0.05, 0) is 35.4 Å². The van der Waals surface area contributed by atoms with E-state index in [0.717, 1.165) is 4.32 Å². The maximum Gasteiger partial charge on any atom is 0.145 e. The van der Waals surface area contributed by atoms with E-state index in [9.17, 15) is 0 Å². The van der Waals surface area contributed by atoms with E-state index in [-0.39, 0.29) is 0 Å². The van der Waals surface area contributed by atoms with E-state index in [1.807, 2.05) is 13.8 Å². The number of hydrogen-bond donors (Lipinski definition) is 2. The van der Waals surface area contributed by atoms with Gasteiger partial charge in [0.05, 0.1) is 0 Å². The summed E-state index contributed by atoms with van der Waals surface area (Å²) in [7, 11) is 2.69. The van der Waals surface area contributed by atoms with E-state index in [1.165, 1.54) is 21.6 Å². The van der Waals surface area contributed by atoms with Crippen LogP contribution in [0.4, 0.5) is 0 Å². The Labute approximate surface area is 85.5 Å². The molecule has 0 aromatic heterocycles. The molecule has 0 heterocycles. The van der Waals surface area contributed by atoms with Gasteiger partial charge in [0.2, 0.25) is 0 Å². The van der Waals surface area contributed by atoms with Crippen LogP contribution in [0.15, 0.2) is 0 Å². The Morgan fingerprint density at radius 2 is 1.91 bits per heavy atom. The van der Waals surface area contributed by atoms with Crippen LogP contribution in [-0.4, -0.2) is 14.7 Å². The lowest BCUT2D eigenvalue weighted by molar-refractivity contribution is 0.747. The zero-order chi connectivity index (χ0) is 8.85. The predicted molar refractivity (Wildman–Crippen MR) is 62.8 cm³/mol. The van der Waals surface area contributed by atoms with Crippen molar-refractivity contribution in [3.63, 3.8) is 0 Å². The van der Waals surface area contributed by atoms with Crippen LogP contribution in [0.5, 0.6) is 0 Å². The van der Waals surface area contributed by atoms with Crippen molar-refractivity contribution >= 4 is 54.7 Å². The lowest BCUT2D eigenvalue weighted by atomic mass is 10.4. The summed E-state index contributed by atoms with van der Waals surface area (Å²) in [5.41, 5.74) is 5.26. The Morgan fingerprint density at radius 1 is 1.36 bits per heavy atom. The van der Waals surface area contributed by atoms with Gasteiger partial charge >= 0.3 is 0 Å². The van der Waals surface area contributed by atoms with E-state index in [1.54, 1.807) is 0 Å². The van der Waals surface area contributed by atoms with Crippen LogP contribution >= 0.6 is 46.0 Å². The van der Waals surface area contributed by atoms with Crippen LogP contribution in [-0.2, 0) is 0 Å². The summed E-state index contributed by atoms with van der Waals surface area (Å²) in [6.07, 6.45) is 0. The number of rotatable bonds is 1. The monoisotopic (exact) mass is 226 g/mol. The van der Waals surface area contributed by atoms with Gasteiger partial charge in [0.25, 0.3) is 0 Å². The highest BCUT2D eigenvalue weighted by molar-refractivity contribution is 8.89. The average Bonchev–Trinajstić information content (AvgIpc) is 1.82. The van der Waals surface area contributed by atoms with Gasteiger partial charge in [-0.1, -0.05) is 24.4 Å². The van der Waals surface area contributed by atoms with Crippen molar-refractivity contribution in [1.82, 2.24) is 5.32 Å². The van der Waals surface area contributed by atoms with Gasteiger partial charge in [0.15, 0.2) is 0 Å². The fourth-order valence-electron chi connectivity index (χ4n) is 0.339. The maximum absolute atomic E-state index is 5.26. The number of nitrogens with one attached hydrogen (secondary N) is 1. The first kappa shape index (κ1) is 11.5. The smallest absolute Gasteiger partial charge is 0.145 e. The molecule has 0 fully saturated rings. The van der Waals surface area contributed by atoms with Crippen LogP contribution in [0.2, 0.25) is 0 Å². The number of hydrogen-bond acceptors (Lipinski definition) is 4. The summed E-state index contributed by atoms with van der Waals surface area (Å²) in [6, 6.07) is 0.363. The highest BCUT2D eigenvalue weighted by Gasteiger charge is 2.00. The van der Waals surface area contributed by atoms with Crippen molar-refractivity contribution in [2.45, 2.75) is 19.9 Å². The van der Waals surface area contributed by atoms with Gasteiger partial charge < -0.3 is 11.1 Å². The molecule has 0 unspecified atom stereocenters. The molecule has 64 valence electrons. The van der Waals surface area contributed by atoms with Crippen molar-refractivity contribution in [3.05, 3.63) is 0 Å². The summed E-state index contributed by atoms with van der Waals surface area (Å²) < 4.78 is 1.13. The molecule has 6 heteroatoms. The quantitative estimate of drug-likeness (QED) is 0.525. The summed E-state index contributed by atoms with van der Waals surface area (Å²) in [5, 5.41) is 3.06. The van der Waals surface area contributed by atoms with E-state index >= 15 is 0 Å². The van der Waals surface area contributed by atoms with Crippen molar-refractivity contribution < 1.29 is 0 Å². The molecule has 0 saturated heterocycles. The normalized spacial score (nSPS) is 9.73. The Morgan fingerprint density at radius 3 is 2.27 bits per heavy atom. The molecule has 0 aliphatic heterocycles. The second-order valence-corrected chi connectivity index (χ2v) is 5.62. The first-order valence-electron chi connectivity index (χ1n) is 2.97. The SMILES string of the molecule is CC(C)NC(=S)SSC(N)=S. The van der Waals surface area contributed by atoms with Crippen molar-refractivity contribution in [2.75, 3.05) is 0 Å². The lowest BCUT2D eigenvalue weighted by Gasteiger charge is -2.08. The Balaban J connectivity index is 3.45. The largest absolute Gasteiger partial charge is 0.384 e. The van der Waals surface area contributed by atoms with E-state index < -0.39 is 0 Å². The van der Waals surface area contributed by atoms with Gasteiger partial charge in [-0.25, -0.2) is 0 Å². The minimum absolute atomic E-state index is 0.363. The van der Waals surface area contributed by atoms with Crippen LogP contribution in [0.25, 0.3) is 0 Å². The Hall–Kier alpha value is 0.480. The minimum Gasteiger partial charge on any atom is -0.384 e. The zero-order valence-electron chi connectivity index (χ0n) is 6.29. The van der Waals surface area contributed by atoms with Gasteiger partial charge in [-0.15, -0.1) is 0 Å². The third-order valence-electron chi connectivity index (χ3n) is 0.606. The molecule has 0 amide bonds. The second-order valence-electron chi connectivity index (χ2n) is 2.07. The summed E-state index contributed by atoms with van der Waals surface area (Å²) in [4.78, 5) is 0. The summed E-state index contributed by atoms with van der Waals surface area (Å²) in [6.45, 7) is 4.05. The Bertz CT molecular complexity index is 157. The molecule has 0 rings (SSSR count). The molecule has 0 saturated carbocycles. The molecule has 3 N–H and O–H groups in total. The second kappa shape index (κ2) is 6.05. The predicted octanol–water partition coefficient (Wildman–Crippen LogP) is 1.89.